The summed E-state index contributed by atoms with van der Waals surface area (Å²) in [6, 6.07) is 7.89. The lowest BCUT2D eigenvalue weighted by atomic mass is 9.93. The van der Waals surface area contributed by atoms with Gasteiger partial charge in [0.1, 0.15) is 0 Å². The van der Waals surface area contributed by atoms with Crippen LogP contribution in [0.1, 0.15) is 19.3 Å². The van der Waals surface area contributed by atoms with E-state index in [9.17, 15) is 4.79 Å². The van der Waals surface area contributed by atoms with Crippen LogP contribution in [0.25, 0.3) is 16.2 Å². The highest BCUT2D eigenvalue weighted by molar-refractivity contribution is 7.15. The number of hydrogen-bond acceptors (Lipinski definition) is 3. The monoisotopic (exact) mass is 323 g/mol. The predicted molar refractivity (Wildman–Crippen MR) is 93.6 cm³/mol. The van der Waals surface area contributed by atoms with Crippen LogP contribution in [-0.2, 0) is 4.79 Å². The minimum atomic E-state index is 0.0969. The van der Waals surface area contributed by atoms with E-state index in [1.807, 2.05) is 46.4 Å². The second-order valence-corrected chi connectivity index (χ2v) is 6.64. The Balaban J connectivity index is 1.48. The molecule has 1 aliphatic carbocycles. The number of imidazole rings is 1. The Hall–Kier alpha value is -2.40. The molecule has 2 aromatic heterocycles. The molecular weight excluding hydrogens is 306 g/mol. The Morgan fingerprint density at radius 2 is 2.13 bits per heavy atom. The van der Waals surface area contributed by atoms with E-state index in [0.717, 1.165) is 41.2 Å². The van der Waals surface area contributed by atoms with Crippen molar-refractivity contribution in [2.75, 3.05) is 5.32 Å². The van der Waals surface area contributed by atoms with Crippen molar-refractivity contribution >= 4 is 27.9 Å². The van der Waals surface area contributed by atoms with Gasteiger partial charge in [-0.25, -0.2) is 4.98 Å². The Kier molecular flexibility index (Phi) is 3.71. The van der Waals surface area contributed by atoms with Crippen LogP contribution in [0.3, 0.4) is 0 Å². The number of hydrogen-bond donors (Lipinski definition) is 1. The van der Waals surface area contributed by atoms with Gasteiger partial charge in [0.25, 0.3) is 0 Å². The number of benzene rings is 1. The summed E-state index contributed by atoms with van der Waals surface area (Å²) in [4.78, 5) is 17.8. The van der Waals surface area contributed by atoms with Crippen molar-refractivity contribution in [1.82, 2.24) is 9.38 Å². The van der Waals surface area contributed by atoms with Gasteiger partial charge in [-0.1, -0.05) is 24.3 Å². The Morgan fingerprint density at radius 1 is 1.26 bits per heavy atom. The van der Waals surface area contributed by atoms with Gasteiger partial charge in [0, 0.05) is 34.9 Å². The maximum Gasteiger partial charge on any atom is 0.227 e. The molecule has 1 N–H and O–H groups in total. The number of nitrogens with zero attached hydrogens (tertiary/aromatic N) is 2. The number of allylic oxidation sites excluding steroid dienone is 2. The summed E-state index contributed by atoms with van der Waals surface area (Å²) in [6.45, 7) is 0. The van der Waals surface area contributed by atoms with E-state index in [4.69, 9.17) is 0 Å². The summed E-state index contributed by atoms with van der Waals surface area (Å²) in [6.07, 6.45) is 11.0. The predicted octanol–water partition coefficient (Wildman–Crippen LogP) is 4.36. The molecule has 0 saturated carbocycles. The molecule has 1 aliphatic rings. The number of thiazole rings is 1. The van der Waals surface area contributed by atoms with Crippen LogP contribution in [-0.4, -0.2) is 15.3 Å². The molecule has 0 bridgehead atoms. The smallest absolute Gasteiger partial charge is 0.227 e. The maximum absolute atomic E-state index is 12.2. The number of rotatable bonds is 3. The molecule has 5 heteroatoms. The molecule has 23 heavy (non-hydrogen) atoms. The number of fused-ring (bicyclic) bond motifs is 1. The molecule has 2 heterocycles. The highest BCUT2D eigenvalue weighted by Crippen LogP contribution is 2.24. The SMILES string of the molecule is O=C(Nc1ccc(-c2cn3ccsc3n2)cc1)C1CC=CCC1. The second kappa shape index (κ2) is 6.01. The molecule has 116 valence electrons. The third kappa shape index (κ3) is 2.92. The molecule has 1 amide bonds. The third-order valence-corrected chi connectivity index (χ3v) is 4.95. The average Bonchev–Trinajstić information content (AvgIpc) is 3.18. The summed E-state index contributed by atoms with van der Waals surface area (Å²) in [5.74, 6) is 0.212. The van der Waals surface area contributed by atoms with E-state index in [1.54, 1.807) is 11.3 Å². The van der Waals surface area contributed by atoms with Crippen molar-refractivity contribution in [1.29, 1.82) is 0 Å². The number of carbonyl (C=O) groups is 1. The molecular formula is C18H17N3OS. The van der Waals surface area contributed by atoms with Crippen LogP contribution in [0, 0.1) is 5.92 Å². The van der Waals surface area contributed by atoms with Gasteiger partial charge in [-0.3, -0.25) is 9.20 Å². The zero-order valence-electron chi connectivity index (χ0n) is 12.6. The van der Waals surface area contributed by atoms with Gasteiger partial charge in [-0.2, -0.15) is 0 Å². The van der Waals surface area contributed by atoms with E-state index >= 15 is 0 Å². The molecule has 0 saturated heterocycles. The molecule has 1 unspecified atom stereocenters. The summed E-state index contributed by atoms with van der Waals surface area (Å²) in [7, 11) is 0. The van der Waals surface area contributed by atoms with E-state index in [0.29, 0.717) is 0 Å². The topological polar surface area (TPSA) is 46.4 Å². The summed E-state index contributed by atoms with van der Waals surface area (Å²) in [5, 5.41) is 5.03. The molecule has 0 fully saturated rings. The lowest BCUT2D eigenvalue weighted by Crippen LogP contribution is -2.23. The number of aromatic nitrogens is 2. The largest absolute Gasteiger partial charge is 0.326 e. The minimum Gasteiger partial charge on any atom is -0.326 e. The zero-order chi connectivity index (χ0) is 15.6. The quantitative estimate of drug-likeness (QED) is 0.728. The lowest BCUT2D eigenvalue weighted by Gasteiger charge is -2.17. The zero-order valence-corrected chi connectivity index (χ0v) is 13.4. The van der Waals surface area contributed by atoms with Crippen molar-refractivity contribution in [2.24, 2.45) is 5.92 Å². The van der Waals surface area contributed by atoms with Crippen molar-refractivity contribution in [3.8, 4) is 11.3 Å². The van der Waals surface area contributed by atoms with E-state index in [-0.39, 0.29) is 11.8 Å². The first kappa shape index (κ1) is 14.2. The van der Waals surface area contributed by atoms with Crippen LogP contribution < -0.4 is 5.32 Å². The standard InChI is InChI=1S/C18H17N3OS/c22-17(14-4-2-1-3-5-14)19-15-8-6-13(7-9-15)16-12-21-10-11-23-18(21)20-16/h1-2,6-12,14H,3-5H2,(H,19,22). The summed E-state index contributed by atoms with van der Waals surface area (Å²) < 4.78 is 2.02. The van der Waals surface area contributed by atoms with Crippen molar-refractivity contribution in [3.63, 3.8) is 0 Å². The fourth-order valence-electron chi connectivity index (χ4n) is 2.87. The van der Waals surface area contributed by atoms with Crippen LogP contribution in [0.15, 0.2) is 54.2 Å². The first-order valence-corrected chi connectivity index (χ1v) is 8.66. The molecule has 4 rings (SSSR count). The first-order chi connectivity index (χ1) is 11.3. The fraction of sp³-hybridized carbons (Fsp3) is 0.222. The molecule has 1 atom stereocenters. The maximum atomic E-state index is 12.2. The normalized spacial score (nSPS) is 17.5. The van der Waals surface area contributed by atoms with E-state index in [1.165, 1.54) is 0 Å². The number of amides is 1. The van der Waals surface area contributed by atoms with Crippen molar-refractivity contribution < 1.29 is 4.79 Å². The van der Waals surface area contributed by atoms with Gasteiger partial charge in [-0.15, -0.1) is 11.3 Å². The van der Waals surface area contributed by atoms with Gasteiger partial charge >= 0.3 is 0 Å². The van der Waals surface area contributed by atoms with Gasteiger partial charge in [0.05, 0.1) is 5.69 Å². The van der Waals surface area contributed by atoms with E-state index in [2.05, 4.69) is 22.5 Å². The number of carbonyl (C=O) groups excluding carboxylic acids is 1. The molecule has 0 spiro atoms. The van der Waals surface area contributed by atoms with Crippen LogP contribution in [0.2, 0.25) is 0 Å². The van der Waals surface area contributed by atoms with Gasteiger partial charge in [-0.05, 0) is 31.4 Å². The number of nitrogens with one attached hydrogen (secondary N) is 1. The molecule has 3 aromatic rings. The minimum absolute atomic E-state index is 0.0969. The van der Waals surface area contributed by atoms with Crippen LogP contribution in [0.5, 0.6) is 0 Å². The molecule has 0 radical (unpaired) electrons. The summed E-state index contributed by atoms with van der Waals surface area (Å²) >= 11 is 1.62. The van der Waals surface area contributed by atoms with Gasteiger partial charge in [0.2, 0.25) is 5.91 Å². The van der Waals surface area contributed by atoms with Gasteiger partial charge < -0.3 is 5.32 Å². The van der Waals surface area contributed by atoms with Crippen molar-refractivity contribution in [2.45, 2.75) is 19.3 Å². The Morgan fingerprint density at radius 3 is 2.87 bits per heavy atom. The Bertz CT molecular complexity index is 831. The highest BCUT2D eigenvalue weighted by Gasteiger charge is 2.18. The van der Waals surface area contributed by atoms with Crippen LogP contribution in [0.4, 0.5) is 5.69 Å². The average molecular weight is 323 g/mol. The third-order valence-electron chi connectivity index (χ3n) is 4.18. The first-order valence-electron chi connectivity index (χ1n) is 7.78. The summed E-state index contributed by atoms with van der Waals surface area (Å²) in [5.41, 5.74) is 2.85. The molecule has 1 aromatic carbocycles. The second-order valence-electron chi connectivity index (χ2n) is 5.77. The lowest BCUT2D eigenvalue weighted by molar-refractivity contribution is -0.120. The van der Waals surface area contributed by atoms with Gasteiger partial charge in [0.15, 0.2) is 4.96 Å². The fourth-order valence-corrected chi connectivity index (χ4v) is 3.57. The van der Waals surface area contributed by atoms with E-state index < -0.39 is 0 Å². The Labute approximate surface area is 138 Å². The van der Waals surface area contributed by atoms with Crippen molar-refractivity contribution in [3.05, 3.63) is 54.2 Å². The highest BCUT2D eigenvalue weighted by atomic mass is 32.1. The number of anilines is 1. The molecule has 4 nitrogen and oxygen atoms in total. The molecule has 0 aliphatic heterocycles. The van der Waals surface area contributed by atoms with Crippen LogP contribution >= 0.6 is 11.3 Å².